The first-order valence-corrected chi connectivity index (χ1v) is 9.95. The second-order valence-corrected chi connectivity index (χ2v) is 7.91. The van der Waals surface area contributed by atoms with Gasteiger partial charge in [0.2, 0.25) is 0 Å². The third-order valence-corrected chi connectivity index (χ3v) is 5.88. The fourth-order valence-electron chi connectivity index (χ4n) is 3.86. The average molecular weight is 404 g/mol. The van der Waals surface area contributed by atoms with Crippen LogP contribution in [0.1, 0.15) is 40.5 Å². The summed E-state index contributed by atoms with van der Waals surface area (Å²) in [7, 11) is 0. The van der Waals surface area contributed by atoms with E-state index in [9.17, 15) is 14.4 Å². The Labute approximate surface area is 170 Å². The van der Waals surface area contributed by atoms with Crippen molar-refractivity contribution in [3.05, 3.63) is 35.5 Å². The van der Waals surface area contributed by atoms with Crippen molar-refractivity contribution in [2.24, 2.45) is 5.92 Å². The Balaban J connectivity index is 2.06. The molecule has 158 valence electrons. The first-order chi connectivity index (χ1) is 13.7. The van der Waals surface area contributed by atoms with Crippen molar-refractivity contribution in [1.29, 1.82) is 0 Å². The highest BCUT2D eigenvalue weighted by Gasteiger charge is 2.59. The van der Waals surface area contributed by atoms with E-state index in [1.165, 1.54) is 0 Å². The van der Waals surface area contributed by atoms with Crippen LogP contribution in [0.5, 0.6) is 0 Å². The standard InChI is InChI=1S/C22H28O7/c1-6-26-18-15(11-23)9-7-8-12(2)10-16-17(13(3)20(24)27-16)19(18)28-21(25)22(5)14(4)29-22/h9-11,14,16-19H,3,6-8H2,1-2,4-5H3/b12-10-,15-9-/t14-,16+,17-,18-,19-,22+/m0/s1. The van der Waals surface area contributed by atoms with Gasteiger partial charge in [0.1, 0.15) is 24.6 Å². The molecule has 0 radical (unpaired) electrons. The maximum atomic E-state index is 12.9. The van der Waals surface area contributed by atoms with E-state index in [1.807, 2.05) is 13.0 Å². The predicted molar refractivity (Wildman–Crippen MR) is 104 cm³/mol. The van der Waals surface area contributed by atoms with E-state index in [0.717, 1.165) is 11.9 Å². The van der Waals surface area contributed by atoms with Crippen molar-refractivity contribution in [2.75, 3.05) is 6.61 Å². The number of rotatable bonds is 5. The van der Waals surface area contributed by atoms with E-state index in [-0.39, 0.29) is 11.7 Å². The van der Waals surface area contributed by atoms with Crippen LogP contribution in [0, 0.1) is 5.92 Å². The monoisotopic (exact) mass is 404 g/mol. The van der Waals surface area contributed by atoms with Gasteiger partial charge in [0, 0.05) is 17.8 Å². The lowest BCUT2D eigenvalue weighted by Crippen LogP contribution is -2.46. The van der Waals surface area contributed by atoms with Crippen LogP contribution in [-0.2, 0) is 33.3 Å². The van der Waals surface area contributed by atoms with Crippen molar-refractivity contribution in [1.82, 2.24) is 0 Å². The molecule has 0 N–H and O–H groups in total. The lowest BCUT2D eigenvalue weighted by atomic mass is 9.83. The van der Waals surface area contributed by atoms with E-state index < -0.39 is 41.8 Å². The molecule has 0 spiro atoms. The minimum atomic E-state index is -1.05. The molecule has 0 aromatic carbocycles. The molecular weight excluding hydrogens is 376 g/mol. The third-order valence-electron chi connectivity index (χ3n) is 5.88. The van der Waals surface area contributed by atoms with Crippen molar-refractivity contribution in [2.45, 2.75) is 70.6 Å². The highest BCUT2D eigenvalue weighted by atomic mass is 16.7. The lowest BCUT2D eigenvalue weighted by Gasteiger charge is -2.33. The number of carbonyl (C=O) groups excluding carboxylic acids is 3. The minimum absolute atomic E-state index is 0.197. The largest absolute Gasteiger partial charge is 0.456 e. The fourth-order valence-corrected chi connectivity index (χ4v) is 3.86. The Hall–Kier alpha value is -2.25. The van der Waals surface area contributed by atoms with Gasteiger partial charge in [-0.3, -0.25) is 4.79 Å². The van der Waals surface area contributed by atoms with E-state index in [0.29, 0.717) is 25.0 Å². The highest BCUT2D eigenvalue weighted by Crippen LogP contribution is 2.41. The molecule has 7 nitrogen and oxygen atoms in total. The Bertz CT molecular complexity index is 780. The van der Waals surface area contributed by atoms with Crippen LogP contribution in [-0.4, -0.2) is 54.8 Å². The van der Waals surface area contributed by atoms with Crippen LogP contribution in [0.15, 0.2) is 35.5 Å². The summed E-state index contributed by atoms with van der Waals surface area (Å²) in [4.78, 5) is 37.0. The van der Waals surface area contributed by atoms with Gasteiger partial charge in [0.05, 0.1) is 12.0 Å². The molecule has 2 fully saturated rings. The van der Waals surface area contributed by atoms with Gasteiger partial charge >= 0.3 is 11.9 Å². The van der Waals surface area contributed by atoms with Gasteiger partial charge in [0.25, 0.3) is 0 Å². The summed E-state index contributed by atoms with van der Waals surface area (Å²) in [6.07, 6.45) is 2.97. The van der Waals surface area contributed by atoms with E-state index >= 15 is 0 Å². The summed E-state index contributed by atoms with van der Waals surface area (Å²) >= 11 is 0. The summed E-state index contributed by atoms with van der Waals surface area (Å²) in [5.41, 5.74) is 0.529. The molecule has 2 heterocycles. The van der Waals surface area contributed by atoms with E-state index in [4.69, 9.17) is 18.9 Å². The van der Waals surface area contributed by atoms with Gasteiger partial charge in [-0.15, -0.1) is 0 Å². The summed E-state index contributed by atoms with van der Waals surface area (Å²) in [6, 6.07) is 0. The Kier molecular flexibility index (Phi) is 6.10. The molecule has 0 amide bonds. The summed E-state index contributed by atoms with van der Waals surface area (Å²) in [5, 5.41) is 0. The second-order valence-electron chi connectivity index (χ2n) is 7.91. The average Bonchev–Trinajstić information content (AvgIpc) is 3.20. The summed E-state index contributed by atoms with van der Waals surface area (Å²) < 4.78 is 22.6. The molecule has 6 atom stereocenters. The van der Waals surface area contributed by atoms with Crippen molar-refractivity contribution in [3.8, 4) is 0 Å². The molecule has 1 aliphatic carbocycles. The van der Waals surface area contributed by atoms with Gasteiger partial charge in [-0.1, -0.05) is 18.2 Å². The number of carbonyl (C=O) groups is 3. The molecule has 0 saturated carbocycles. The number of ether oxygens (including phenoxy) is 4. The molecule has 3 aliphatic rings. The normalized spacial score (nSPS) is 40.6. The molecule has 0 aromatic rings. The smallest absolute Gasteiger partial charge is 0.341 e. The highest BCUT2D eigenvalue weighted by molar-refractivity contribution is 5.91. The molecule has 2 saturated heterocycles. The van der Waals surface area contributed by atoms with Crippen LogP contribution >= 0.6 is 0 Å². The molecule has 2 aliphatic heterocycles. The first-order valence-electron chi connectivity index (χ1n) is 9.95. The zero-order chi connectivity index (χ0) is 21.3. The quantitative estimate of drug-likeness (QED) is 0.228. The summed E-state index contributed by atoms with van der Waals surface area (Å²) in [5.74, 6) is -1.77. The Morgan fingerprint density at radius 2 is 2.14 bits per heavy atom. The maximum absolute atomic E-state index is 12.9. The van der Waals surface area contributed by atoms with Gasteiger partial charge in [-0.25, -0.2) is 9.59 Å². The van der Waals surface area contributed by atoms with Gasteiger partial charge in [-0.05, 0) is 46.6 Å². The fraction of sp³-hybridized carbons (Fsp3) is 0.591. The van der Waals surface area contributed by atoms with Crippen molar-refractivity contribution in [3.63, 3.8) is 0 Å². The zero-order valence-corrected chi connectivity index (χ0v) is 17.3. The molecule has 7 heteroatoms. The molecule has 3 rings (SSSR count). The predicted octanol–water partition coefficient (Wildman–Crippen LogP) is 2.44. The number of aldehydes is 1. The SMILES string of the molecule is C=C1C(=O)O[C@@H]2/C=C(/C)CC/C=C(/C=O)[C@H](OCC)[C@@H](OC(=O)[C@]3(C)O[C@H]3C)[C@@H]12. The van der Waals surface area contributed by atoms with Crippen molar-refractivity contribution >= 4 is 18.2 Å². The summed E-state index contributed by atoms with van der Waals surface area (Å²) in [6.45, 7) is 11.3. The Morgan fingerprint density at radius 1 is 1.45 bits per heavy atom. The van der Waals surface area contributed by atoms with Gasteiger partial charge < -0.3 is 18.9 Å². The molecular formula is C22H28O7. The molecule has 0 unspecified atom stereocenters. The number of epoxide rings is 1. The first kappa shape index (κ1) is 21.5. The number of fused-ring (bicyclic) bond motifs is 1. The zero-order valence-electron chi connectivity index (χ0n) is 17.3. The Morgan fingerprint density at radius 3 is 2.72 bits per heavy atom. The minimum Gasteiger partial charge on any atom is -0.456 e. The molecule has 0 aromatic heterocycles. The van der Waals surface area contributed by atoms with E-state index in [2.05, 4.69) is 6.58 Å². The van der Waals surface area contributed by atoms with Crippen LogP contribution < -0.4 is 0 Å². The van der Waals surface area contributed by atoms with Crippen LogP contribution in [0.25, 0.3) is 0 Å². The van der Waals surface area contributed by atoms with Gasteiger partial charge in [0.15, 0.2) is 5.60 Å². The van der Waals surface area contributed by atoms with Crippen LogP contribution in [0.4, 0.5) is 0 Å². The number of hydrogen-bond donors (Lipinski definition) is 0. The topological polar surface area (TPSA) is 91.4 Å². The number of allylic oxidation sites excluding steroid dienone is 2. The maximum Gasteiger partial charge on any atom is 0.341 e. The second kappa shape index (κ2) is 8.24. The van der Waals surface area contributed by atoms with E-state index in [1.54, 1.807) is 26.8 Å². The van der Waals surface area contributed by atoms with Crippen LogP contribution in [0.3, 0.4) is 0 Å². The molecule has 0 bridgehead atoms. The third kappa shape index (κ3) is 4.07. The number of hydrogen-bond acceptors (Lipinski definition) is 7. The lowest BCUT2D eigenvalue weighted by molar-refractivity contribution is -0.166. The molecule has 29 heavy (non-hydrogen) atoms. The number of esters is 2. The van der Waals surface area contributed by atoms with Crippen LogP contribution in [0.2, 0.25) is 0 Å². The van der Waals surface area contributed by atoms with Gasteiger partial charge in [-0.2, -0.15) is 0 Å². The van der Waals surface area contributed by atoms with Crippen molar-refractivity contribution < 1.29 is 33.3 Å².